The average Bonchev–Trinajstić information content (AvgIpc) is 3.33. The van der Waals surface area contributed by atoms with Gasteiger partial charge in [0.1, 0.15) is 5.69 Å². The van der Waals surface area contributed by atoms with Gasteiger partial charge in [0.25, 0.3) is 0 Å². The Kier molecular flexibility index (Phi) is 5.91. The Balaban J connectivity index is 1.30. The topological polar surface area (TPSA) is 58.3 Å². The SMILES string of the molecule is CN(Cc1nc(-c2ccccn2)no1)Cc1cc(CN2CCCCC2)cs1. The van der Waals surface area contributed by atoms with Gasteiger partial charge in [-0.2, -0.15) is 4.98 Å². The molecule has 1 aliphatic heterocycles. The van der Waals surface area contributed by atoms with Crippen molar-refractivity contribution in [2.75, 3.05) is 20.1 Å². The van der Waals surface area contributed by atoms with E-state index >= 15 is 0 Å². The zero-order valence-electron chi connectivity index (χ0n) is 15.7. The predicted octanol–water partition coefficient (Wildman–Crippen LogP) is 3.81. The number of pyridine rings is 1. The van der Waals surface area contributed by atoms with Crippen molar-refractivity contribution in [3.05, 3.63) is 52.2 Å². The van der Waals surface area contributed by atoms with Crippen molar-refractivity contribution in [2.45, 2.75) is 38.9 Å². The number of likely N-dealkylation sites (tertiary alicyclic amines) is 1. The zero-order chi connectivity index (χ0) is 18.5. The lowest BCUT2D eigenvalue weighted by molar-refractivity contribution is 0.221. The first kappa shape index (κ1) is 18.3. The average molecular weight is 384 g/mol. The van der Waals surface area contributed by atoms with Crippen LogP contribution in [0.4, 0.5) is 0 Å². The Bertz CT molecular complexity index is 841. The summed E-state index contributed by atoms with van der Waals surface area (Å²) >= 11 is 1.83. The monoisotopic (exact) mass is 383 g/mol. The third kappa shape index (κ3) is 5.00. The molecule has 0 saturated carbocycles. The van der Waals surface area contributed by atoms with Crippen LogP contribution < -0.4 is 0 Å². The van der Waals surface area contributed by atoms with E-state index in [0.29, 0.717) is 18.3 Å². The zero-order valence-corrected chi connectivity index (χ0v) is 16.5. The lowest BCUT2D eigenvalue weighted by Crippen LogP contribution is -2.28. The van der Waals surface area contributed by atoms with Gasteiger partial charge in [-0.15, -0.1) is 11.3 Å². The van der Waals surface area contributed by atoms with Crippen molar-refractivity contribution < 1.29 is 4.52 Å². The van der Waals surface area contributed by atoms with Crippen molar-refractivity contribution in [3.63, 3.8) is 0 Å². The molecule has 0 spiro atoms. The summed E-state index contributed by atoms with van der Waals surface area (Å²) in [7, 11) is 2.08. The molecule has 0 amide bonds. The molecule has 0 bridgehead atoms. The Morgan fingerprint density at radius 3 is 2.89 bits per heavy atom. The maximum Gasteiger partial charge on any atom is 0.241 e. The van der Waals surface area contributed by atoms with Crippen LogP contribution in [0.1, 0.15) is 35.6 Å². The Morgan fingerprint density at radius 1 is 1.19 bits per heavy atom. The van der Waals surface area contributed by atoms with Gasteiger partial charge in [-0.05, 0) is 62.1 Å². The molecular formula is C20H25N5OS. The first-order valence-electron chi connectivity index (χ1n) is 9.47. The van der Waals surface area contributed by atoms with Crippen LogP contribution in [0.2, 0.25) is 0 Å². The highest BCUT2D eigenvalue weighted by atomic mass is 32.1. The number of piperidine rings is 1. The van der Waals surface area contributed by atoms with Crippen LogP contribution in [0.15, 0.2) is 40.4 Å². The molecule has 0 atom stereocenters. The lowest BCUT2D eigenvalue weighted by atomic mass is 10.1. The third-order valence-electron chi connectivity index (χ3n) is 4.76. The van der Waals surface area contributed by atoms with Gasteiger partial charge in [0.05, 0.1) is 6.54 Å². The molecule has 1 saturated heterocycles. The molecule has 4 rings (SSSR count). The first-order chi connectivity index (χ1) is 13.3. The summed E-state index contributed by atoms with van der Waals surface area (Å²) in [4.78, 5) is 14.9. The summed E-state index contributed by atoms with van der Waals surface area (Å²) in [6.45, 7) is 5.06. The van der Waals surface area contributed by atoms with Gasteiger partial charge in [-0.3, -0.25) is 14.8 Å². The van der Waals surface area contributed by atoms with Crippen molar-refractivity contribution >= 4 is 11.3 Å². The van der Waals surface area contributed by atoms with Crippen LogP contribution in [0.3, 0.4) is 0 Å². The molecule has 0 aromatic carbocycles. The summed E-state index contributed by atoms with van der Waals surface area (Å²) < 4.78 is 5.39. The smallest absolute Gasteiger partial charge is 0.241 e. The molecule has 3 aromatic heterocycles. The van der Waals surface area contributed by atoms with E-state index in [-0.39, 0.29) is 0 Å². The molecule has 3 aromatic rings. The van der Waals surface area contributed by atoms with Crippen LogP contribution in [-0.4, -0.2) is 45.1 Å². The molecule has 0 unspecified atom stereocenters. The quantitative estimate of drug-likeness (QED) is 0.618. The summed E-state index contributed by atoms with van der Waals surface area (Å²) in [5, 5.41) is 6.33. The minimum Gasteiger partial charge on any atom is -0.337 e. The number of nitrogens with zero attached hydrogens (tertiary/aromatic N) is 5. The normalized spacial score (nSPS) is 15.5. The second-order valence-electron chi connectivity index (χ2n) is 7.16. The standard InChI is InChI=1S/C20H25N5OS/c1-24(14-19-22-20(23-26-19)18-7-3-4-8-21-18)13-17-11-16(15-27-17)12-25-9-5-2-6-10-25/h3-4,7-8,11,15H,2,5-6,9-10,12-14H2,1H3. The highest BCUT2D eigenvalue weighted by molar-refractivity contribution is 7.10. The van der Waals surface area contributed by atoms with E-state index in [4.69, 9.17) is 4.52 Å². The fraction of sp³-hybridized carbons (Fsp3) is 0.450. The van der Waals surface area contributed by atoms with Crippen molar-refractivity contribution in [2.24, 2.45) is 0 Å². The van der Waals surface area contributed by atoms with Gasteiger partial charge in [-0.25, -0.2) is 0 Å². The van der Waals surface area contributed by atoms with E-state index in [9.17, 15) is 0 Å². The van der Waals surface area contributed by atoms with E-state index < -0.39 is 0 Å². The molecule has 4 heterocycles. The second-order valence-corrected chi connectivity index (χ2v) is 8.15. The number of rotatable bonds is 7. The van der Waals surface area contributed by atoms with Crippen molar-refractivity contribution in [1.82, 2.24) is 24.9 Å². The summed E-state index contributed by atoms with van der Waals surface area (Å²) in [6, 6.07) is 8.01. The lowest BCUT2D eigenvalue weighted by Gasteiger charge is -2.25. The van der Waals surface area contributed by atoms with E-state index in [1.54, 1.807) is 6.20 Å². The summed E-state index contributed by atoms with van der Waals surface area (Å²) in [5.74, 6) is 1.15. The first-order valence-corrected chi connectivity index (χ1v) is 10.4. The third-order valence-corrected chi connectivity index (χ3v) is 5.73. The summed E-state index contributed by atoms with van der Waals surface area (Å²) in [5.41, 5.74) is 2.16. The molecule has 0 radical (unpaired) electrons. The minimum absolute atomic E-state index is 0.541. The molecule has 6 nitrogen and oxygen atoms in total. The number of thiophene rings is 1. The summed E-state index contributed by atoms with van der Waals surface area (Å²) in [6.07, 6.45) is 5.79. The number of hydrogen-bond donors (Lipinski definition) is 0. The van der Waals surface area contributed by atoms with E-state index in [2.05, 4.69) is 43.4 Å². The molecule has 142 valence electrons. The van der Waals surface area contributed by atoms with Crippen LogP contribution >= 0.6 is 11.3 Å². The molecule has 1 aliphatic rings. The van der Waals surface area contributed by atoms with E-state index in [1.807, 2.05) is 29.5 Å². The number of aromatic nitrogens is 3. The Hall–Kier alpha value is -2.09. The maximum absolute atomic E-state index is 5.39. The van der Waals surface area contributed by atoms with Crippen LogP contribution in [-0.2, 0) is 19.6 Å². The fourth-order valence-electron chi connectivity index (χ4n) is 3.44. The highest BCUT2D eigenvalue weighted by Gasteiger charge is 2.14. The van der Waals surface area contributed by atoms with E-state index in [1.165, 1.54) is 42.8 Å². The van der Waals surface area contributed by atoms with Gasteiger partial charge in [-0.1, -0.05) is 17.6 Å². The highest BCUT2D eigenvalue weighted by Crippen LogP contribution is 2.21. The van der Waals surface area contributed by atoms with Gasteiger partial charge >= 0.3 is 0 Å². The molecule has 0 aliphatic carbocycles. The van der Waals surface area contributed by atoms with Gasteiger partial charge in [0.15, 0.2) is 0 Å². The van der Waals surface area contributed by atoms with Crippen LogP contribution in [0.25, 0.3) is 11.5 Å². The Labute approximate surface area is 163 Å². The number of hydrogen-bond acceptors (Lipinski definition) is 7. The van der Waals surface area contributed by atoms with Crippen molar-refractivity contribution in [3.8, 4) is 11.5 Å². The van der Waals surface area contributed by atoms with Gasteiger partial charge in [0.2, 0.25) is 11.7 Å². The molecule has 27 heavy (non-hydrogen) atoms. The second kappa shape index (κ2) is 8.73. The predicted molar refractivity (Wildman–Crippen MR) is 106 cm³/mol. The maximum atomic E-state index is 5.39. The van der Waals surface area contributed by atoms with Crippen LogP contribution in [0, 0.1) is 0 Å². The molecule has 7 heteroatoms. The van der Waals surface area contributed by atoms with Gasteiger partial charge in [0, 0.05) is 24.2 Å². The van der Waals surface area contributed by atoms with E-state index in [0.717, 1.165) is 18.8 Å². The van der Waals surface area contributed by atoms with Crippen molar-refractivity contribution in [1.29, 1.82) is 0 Å². The van der Waals surface area contributed by atoms with Crippen LogP contribution in [0.5, 0.6) is 0 Å². The fourth-order valence-corrected chi connectivity index (χ4v) is 4.40. The van der Waals surface area contributed by atoms with Gasteiger partial charge < -0.3 is 4.52 Å². The molecular weight excluding hydrogens is 358 g/mol. The minimum atomic E-state index is 0.541. The Morgan fingerprint density at radius 2 is 2.07 bits per heavy atom. The molecule has 0 N–H and O–H groups in total. The molecule has 1 fully saturated rings. The largest absolute Gasteiger partial charge is 0.337 e.